The Morgan fingerprint density at radius 1 is 0.881 bits per heavy atom. The Bertz CT molecular complexity index is 1720. The van der Waals surface area contributed by atoms with E-state index in [0.717, 1.165) is 24.3 Å². The number of hydrogen-bond acceptors (Lipinski definition) is 5. The highest BCUT2D eigenvalue weighted by Gasteiger charge is 2.49. The van der Waals surface area contributed by atoms with E-state index in [9.17, 15) is 40.4 Å². The number of carboxylic acid groups (broad SMARTS) is 1. The third-order valence-electron chi connectivity index (χ3n) is 7.45. The van der Waals surface area contributed by atoms with Crippen molar-refractivity contribution >= 4 is 33.3 Å². The number of aromatic carboxylic acids is 1. The van der Waals surface area contributed by atoms with Gasteiger partial charge in [-0.05, 0) is 72.4 Å². The molecular weight excluding hydrogens is 580 g/mol. The minimum Gasteiger partial charge on any atom is -0.478 e. The summed E-state index contributed by atoms with van der Waals surface area (Å²) < 4.78 is 77.2. The maximum atomic E-state index is 14.6. The number of carbonyl (C=O) groups is 3. The van der Waals surface area contributed by atoms with E-state index in [1.165, 1.54) is 42.5 Å². The molecule has 42 heavy (non-hydrogen) atoms. The number of amides is 2. The molecule has 5 rings (SSSR count). The second-order valence-corrected chi connectivity index (χ2v) is 12.0. The molecule has 4 atom stereocenters. The van der Waals surface area contributed by atoms with Crippen LogP contribution in [0, 0.1) is 23.6 Å². The fraction of sp³-hybridized carbons (Fsp3) is 0.207. The molecule has 3 aromatic rings. The summed E-state index contributed by atoms with van der Waals surface area (Å²) in [6, 6.07) is 12.3. The number of rotatable bonds is 7. The fourth-order valence-electron chi connectivity index (χ4n) is 5.39. The molecule has 13 heteroatoms. The van der Waals surface area contributed by atoms with E-state index in [-0.39, 0.29) is 34.2 Å². The maximum absolute atomic E-state index is 14.6. The number of allylic oxidation sites excluding steroid dienone is 1. The number of alkyl halides is 3. The first kappa shape index (κ1) is 29.0. The molecule has 1 fully saturated rings. The Kier molecular flexibility index (Phi) is 7.39. The molecular formula is C29H22F4N2O6S. The van der Waals surface area contributed by atoms with Crippen LogP contribution in [0.4, 0.5) is 23.2 Å². The summed E-state index contributed by atoms with van der Waals surface area (Å²) in [5.74, 6) is -4.29. The Morgan fingerprint density at radius 3 is 2.21 bits per heavy atom. The van der Waals surface area contributed by atoms with E-state index in [4.69, 9.17) is 5.11 Å². The van der Waals surface area contributed by atoms with Crippen molar-refractivity contribution in [1.29, 1.82) is 0 Å². The third-order valence-corrected chi connectivity index (χ3v) is 8.93. The van der Waals surface area contributed by atoms with E-state index in [1.807, 2.05) is 12.2 Å². The van der Waals surface area contributed by atoms with Crippen molar-refractivity contribution in [2.45, 2.75) is 22.9 Å². The van der Waals surface area contributed by atoms with E-state index < -0.39 is 55.8 Å². The molecule has 0 spiro atoms. The van der Waals surface area contributed by atoms with Gasteiger partial charge in [-0.15, -0.1) is 0 Å². The van der Waals surface area contributed by atoms with Gasteiger partial charge in [-0.1, -0.05) is 30.4 Å². The van der Waals surface area contributed by atoms with Crippen LogP contribution in [0.1, 0.15) is 27.1 Å². The molecule has 3 aromatic carbocycles. The number of sulfone groups is 1. The minimum absolute atomic E-state index is 0.00965. The SMILES string of the molecule is O=C(O)c1ccc(-c2cc(C(=O)NC3C4C=CC(C4)C3C(=O)Nc3cccc(S(=O)(=O)C(F)(F)F)c3)ccc2F)cc1. The minimum atomic E-state index is -5.62. The monoisotopic (exact) mass is 602 g/mol. The summed E-state index contributed by atoms with van der Waals surface area (Å²) in [4.78, 5) is 36.6. The molecule has 0 radical (unpaired) electrons. The van der Waals surface area contributed by atoms with Crippen LogP contribution in [-0.2, 0) is 14.6 Å². The number of nitrogens with one attached hydrogen (secondary N) is 2. The Balaban J connectivity index is 1.35. The number of benzene rings is 3. The zero-order chi connectivity index (χ0) is 30.4. The first-order valence-corrected chi connectivity index (χ1v) is 14.1. The molecule has 2 aliphatic carbocycles. The Hall–Kier alpha value is -4.52. The van der Waals surface area contributed by atoms with Gasteiger partial charge in [0.2, 0.25) is 5.91 Å². The highest BCUT2D eigenvalue weighted by Crippen LogP contribution is 2.44. The molecule has 0 aliphatic heterocycles. The second-order valence-electron chi connectivity index (χ2n) is 10.0. The standard InChI is InChI=1S/C29H22F4N2O6S/c30-23-11-10-19(13-22(23)15-4-6-16(7-5-15)28(38)39)26(36)35-25-18-9-8-17(12-18)24(25)27(37)34-20-2-1-3-21(14-20)42(40,41)29(31,32)33/h1-11,13-14,17-18,24-25H,12H2,(H,34,37)(H,35,36)(H,38,39). The Labute approximate surface area is 237 Å². The number of halogens is 4. The lowest BCUT2D eigenvalue weighted by Gasteiger charge is -2.28. The predicted molar refractivity (Wildman–Crippen MR) is 143 cm³/mol. The lowest BCUT2D eigenvalue weighted by molar-refractivity contribution is -0.121. The molecule has 2 amide bonds. The van der Waals surface area contributed by atoms with Gasteiger partial charge in [-0.3, -0.25) is 9.59 Å². The van der Waals surface area contributed by atoms with Gasteiger partial charge >= 0.3 is 11.5 Å². The molecule has 2 bridgehead atoms. The number of hydrogen-bond donors (Lipinski definition) is 3. The van der Waals surface area contributed by atoms with Crippen LogP contribution in [0.2, 0.25) is 0 Å². The zero-order valence-electron chi connectivity index (χ0n) is 21.4. The molecule has 2 aliphatic rings. The van der Waals surface area contributed by atoms with Gasteiger partial charge in [-0.25, -0.2) is 17.6 Å². The van der Waals surface area contributed by atoms with Crippen LogP contribution in [0.5, 0.6) is 0 Å². The van der Waals surface area contributed by atoms with Crippen molar-refractivity contribution < 1.29 is 45.5 Å². The number of carboxylic acids is 1. The summed E-state index contributed by atoms with van der Waals surface area (Å²) in [6.45, 7) is 0. The van der Waals surface area contributed by atoms with Crippen LogP contribution >= 0.6 is 0 Å². The molecule has 0 heterocycles. The molecule has 0 aromatic heterocycles. The van der Waals surface area contributed by atoms with Gasteiger partial charge in [0.15, 0.2) is 0 Å². The molecule has 1 saturated carbocycles. The lowest BCUT2D eigenvalue weighted by atomic mass is 9.87. The van der Waals surface area contributed by atoms with Crippen LogP contribution in [0.3, 0.4) is 0 Å². The van der Waals surface area contributed by atoms with Gasteiger partial charge in [0, 0.05) is 22.9 Å². The summed E-state index contributed by atoms with van der Waals surface area (Å²) in [5.41, 5.74) is -5.15. The van der Waals surface area contributed by atoms with E-state index in [2.05, 4.69) is 10.6 Å². The topological polar surface area (TPSA) is 130 Å². The van der Waals surface area contributed by atoms with Crippen LogP contribution in [0.15, 0.2) is 83.8 Å². The van der Waals surface area contributed by atoms with Crippen LogP contribution in [-0.4, -0.2) is 42.9 Å². The third kappa shape index (κ3) is 5.39. The Morgan fingerprint density at radius 2 is 1.55 bits per heavy atom. The summed E-state index contributed by atoms with van der Waals surface area (Å²) in [5, 5.41) is 14.4. The normalized spacial score (nSPS) is 21.2. The molecule has 218 valence electrons. The molecule has 8 nitrogen and oxygen atoms in total. The van der Waals surface area contributed by atoms with Crippen molar-refractivity contribution in [2.75, 3.05) is 5.32 Å². The highest BCUT2D eigenvalue weighted by molar-refractivity contribution is 7.92. The van der Waals surface area contributed by atoms with Crippen molar-refractivity contribution in [3.8, 4) is 11.1 Å². The van der Waals surface area contributed by atoms with Crippen LogP contribution < -0.4 is 10.6 Å². The van der Waals surface area contributed by atoms with Gasteiger partial charge in [0.25, 0.3) is 15.7 Å². The number of anilines is 1. The largest absolute Gasteiger partial charge is 0.501 e. The first-order chi connectivity index (χ1) is 19.8. The van der Waals surface area contributed by atoms with Crippen molar-refractivity contribution in [3.63, 3.8) is 0 Å². The van der Waals surface area contributed by atoms with Crippen molar-refractivity contribution in [3.05, 3.63) is 95.8 Å². The van der Waals surface area contributed by atoms with E-state index in [0.29, 0.717) is 12.0 Å². The summed E-state index contributed by atoms with van der Waals surface area (Å²) >= 11 is 0. The lowest BCUT2D eigenvalue weighted by Crippen LogP contribution is -2.47. The predicted octanol–water partition coefficient (Wildman–Crippen LogP) is 5.04. The van der Waals surface area contributed by atoms with Gasteiger partial charge in [0.05, 0.1) is 16.4 Å². The second kappa shape index (κ2) is 10.7. The number of carbonyl (C=O) groups excluding carboxylic acids is 2. The highest BCUT2D eigenvalue weighted by atomic mass is 32.2. The summed E-state index contributed by atoms with van der Waals surface area (Å²) in [6.07, 6.45) is 4.21. The quantitative estimate of drug-likeness (QED) is 0.257. The molecule has 3 N–H and O–H groups in total. The fourth-order valence-corrected chi connectivity index (χ4v) is 6.20. The first-order valence-electron chi connectivity index (χ1n) is 12.6. The average molecular weight is 603 g/mol. The molecule has 0 saturated heterocycles. The zero-order valence-corrected chi connectivity index (χ0v) is 22.2. The number of fused-ring (bicyclic) bond motifs is 2. The van der Waals surface area contributed by atoms with Crippen LogP contribution in [0.25, 0.3) is 11.1 Å². The van der Waals surface area contributed by atoms with E-state index >= 15 is 0 Å². The average Bonchev–Trinajstić information content (AvgIpc) is 3.55. The van der Waals surface area contributed by atoms with Crippen molar-refractivity contribution in [2.24, 2.45) is 17.8 Å². The smallest absolute Gasteiger partial charge is 0.478 e. The van der Waals surface area contributed by atoms with E-state index in [1.54, 1.807) is 0 Å². The van der Waals surface area contributed by atoms with Gasteiger partial charge in [0.1, 0.15) is 5.82 Å². The maximum Gasteiger partial charge on any atom is 0.501 e. The van der Waals surface area contributed by atoms with Crippen molar-refractivity contribution in [1.82, 2.24) is 5.32 Å². The van der Waals surface area contributed by atoms with Gasteiger partial charge < -0.3 is 15.7 Å². The van der Waals surface area contributed by atoms with Gasteiger partial charge in [-0.2, -0.15) is 13.2 Å². The summed E-state index contributed by atoms with van der Waals surface area (Å²) in [7, 11) is -5.62. The molecule has 4 unspecified atom stereocenters.